The van der Waals surface area contributed by atoms with Gasteiger partial charge in [0.1, 0.15) is 0 Å². The average molecular weight is 484 g/mol. The highest BCUT2D eigenvalue weighted by molar-refractivity contribution is 7.92. The van der Waals surface area contributed by atoms with Gasteiger partial charge in [-0.15, -0.1) is 0 Å². The molecule has 2 aromatic carbocycles. The quantitative estimate of drug-likeness (QED) is 0.680. The predicted molar refractivity (Wildman–Crippen MR) is 122 cm³/mol. The maximum atomic E-state index is 12.7. The van der Waals surface area contributed by atoms with Gasteiger partial charge in [-0.05, 0) is 42.7 Å². The maximum Gasteiger partial charge on any atom is 0.253 e. The van der Waals surface area contributed by atoms with Crippen molar-refractivity contribution >= 4 is 50.7 Å². The number of likely N-dealkylation sites (tertiary alicyclic amines) is 1. The molecule has 0 atom stereocenters. The fraction of sp³-hybridized carbons (Fsp3) is 0.333. The van der Waals surface area contributed by atoms with Crippen LogP contribution in [0.5, 0.6) is 0 Å². The van der Waals surface area contributed by atoms with E-state index in [1.165, 1.54) is 4.31 Å². The van der Waals surface area contributed by atoms with E-state index in [1.54, 1.807) is 47.4 Å². The van der Waals surface area contributed by atoms with Gasteiger partial charge in [0.15, 0.2) is 0 Å². The van der Waals surface area contributed by atoms with Gasteiger partial charge in [0, 0.05) is 24.6 Å². The summed E-state index contributed by atoms with van der Waals surface area (Å²) in [4.78, 5) is 25.7. The fourth-order valence-corrected chi connectivity index (χ4v) is 4.88. The standard InChI is InChI=1S/C21H23Cl2N3O4S/c1-31(29,30)26(18-4-2-3-17(22)19(18)23)13-14-5-7-16(8-6-14)21(28)25-11-9-15(10-12-25)20(24)27/h2-8,15H,9-13H2,1H3,(H2,24,27). The van der Waals surface area contributed by atoms with Crippen molar-refractivity contribution in [3.8, 4) is 0 Å². The number of nitrogens with two attached hydrogens (primary N) is 1. The second-order valence-electron chi connectivity index (χ2n) is 7.51. The first-order valence-corrected chi connectivity index (χ1v) is 12.3. The summed E-state index contributed by atoms with van der Waals surface area (Å²) in [6, 6.07) is 11.5. The minimum absolute atomic E-state index is 0.0391. The van der Waals surface area contributed by atoms with Crippen molar-refractivity contribution < 1.29 is 18.0 Å². The molecule has 10 heteroatoms. The van der Waals surface area contributed by atoms with E-state index >= 15 is 0 Å². The van der Waals surface area contributed by atoms with Crippen molar-refractivity contribution in [2.24, 2.45) is 11.7 Å². The Morgan fingerprint density at radius 1 is 1.10 bits per heavy atom. The molecule has 2 aromatic rings. The molecule has 2 amide bonds. The van der Waals surface area contributed by atoms with Gasteiger partial charge in [0.05, 0.1) is 28.5 Å². The number of piperidine rings is 1. The summed E-state index contributed by atoms with van der Waals surface area (Å²) in [6.07, 6.45) is 2.21. The first-order chi connectivity index (χ1) is 14.6. The highest BCUT2D eigenvalue weighted by Gasteiger charge is 2.27. The van der Waals surface area contributed by atoms with Crippen molar-refractivity contribution in [3.05, 3.63) is 63.6 Å². The summed E-state index contributed by atoms with van der Waals surface area (Å²) in [7, 11) is -3.63. The lowest BCUT2D eigenvalue weighted by Crippen LogP contribution is -2.41. The first-order valence-electron chi connectivity index (χ1n) is 9.67. The third kappa shape index (κ3) is 5.50. The third-order valence-electron chi connectivity index (χ3n) is 5.31. The van der Waals surface area contributed by atoms with Crippen LogP contribution in [0, 0.1) is 5.92 Å². The average Bonchev–Trinajstić information content (AvgIpc) is 2.73. The largest absolute Gasteiger partial charge is 0.369 e. The number of carbonyl (C=O) groups excluding carboxylic acids is 2. The van der Waals surface area contributed by atoms with Crippen molar-refractivity contribution in [2.45, 2.75) is 19.4 Å². The molecule has 0 spiro atoms. The molecule has 0 aromatic heterocycles. The zero-order valence-electron chi connectivity index (χ0n) is 16.9. The Morgan fingerprint density at radius 3 is 2.26 bits per heavy atom. The molecule has 1 aliphatic heterocycles. The fourth-order valence-electron chi connectivity index (χ4n) is 3.53. The Hall–Kier alpha value is -2.29. The number of anilines is 1. The lowest BCUT2D eigenvalue weighted by molar-refractivity contribution is -0.123. The molecule has 0 unspecified atom stereocenters. The number of carbonyl (C=O) groups is 2. The molecule has 0 saturated carbocycles. The Morgan fingerprint density at radius 2 is 1.71 bits per heavy atom. The van der Waals surface area contributed by atoms with Crippen molar-refractivity contribution in [1.82, 2.24) is 4.90 Å². The van der Waals surface area contributed by atoms with Crippen LogP contribution in [-0.2, 0) is 21.4 Å². The van der Waals surface area contributed by atoms with Gasteiger partial charge in [-0.25, -0.2) is 8.42 Å². The number of benzene rings is 2. The molecular weight excluding hydrogens is 461 g/mol. The van der Waals surface area contributed by atoms with Crippen LogP contribution in [0.3, 0.4) is 0 Å². The van der Waals surface area contributed by atoms with Gasteiger partial charge < -0.3 is 10.6 Å². The zero-order chi connectivity index (χ0) is 22.8. The molecule has 3 rings (SSSR count). The van der Waals surface area contributed by atoms with Crippen molar-refractivity contribution in [1.29, 1.82) is 0 Å². The zero-order valence-corrected chi connectivity index (χ0v) is 19.3. The summed E-state index contributed by atoms with van der Waals surface area (Å²) in [5, 5.41) is 0.412. The summed E-state index contributed by atoms with van der Waals surface area (Å²) >= 11 is 12.3. The van der Waals surface area contributed by atoms with E-state index in [9.17, 15) is 18.0 Å². The van der Waals surface area contributed by atoms with Gasteiger partial charge in [-0.1, -0.05) is 41.4 Å². The van der Waals surface area contributed by atoms with Gasteiger partial charge in [-0.3, -0.25) is 13.9 Å². The number of nitrogens with zero attached hydrogens (tertiary/aromatic N) is 2. The van der Waals surface area contributed by atoms with Crippen LogP contribution in [-0.4, -0.2) is 44.5 Å². The number of amides is 2. The molecule has 7 nitrogen and oxygen atoms in total. The van der Waals surface area contributed by atoms with Crippen molar-refractivity contribution in [3.63, 3.8) is 0 Å². The minimum atomic E-state index is -3.63. The molecule has 1 saturated heterocycles. The number of primary amides is 1. The van der Waals surface area contributed by atoms with Crippen LogP contribution in [0.15, 0.2) is 42.5 Å². The number of halogens is 2. The van der Waals surface area contributed by atoms with Gasteiger partial charge >= 0.3 is 0 Å². The topological polar surface area (TPSA) is 101 Å². The Kier molecular flexibility index (Phi) is 7.13. The molecule has 1 heterocycles. The van der Waals surface area contributed by atoms with E-state index in [-0.39, 0.29) is 40.0 Å². The van der Waals surface area contributed by atoms with Gasteiger partial charge in [0.2, 0.25) is 15.9 Å². The van der Waals surface area contributed by atoms with Crippen LogP contribution in [0.2, 0.25) is 10.0 Å². The highest BCUT2D eigenvalue weighted by Crippen LogP contribution is 2.34. The molecule has 31 heavy (non-hydrogen) atoms. The van der Waals surface area contributed by atoms with Gasteiger partial charge in [-0.2, -0.15) is 0 Å². The molecule has 2 N–H and O–H groups in total. The maximum absolute atomic E-state index is 12.7. The van der Waals surface area contributed by atoms with E-state index in [2.05, 4.69) is 0 Å². The van der Waals surface area contributed by atoms with Crippen LogP contribution in [0.4, 0.5) is 5.69 Å². The molecule has 166 valence electrons. The van der Waals surface area contributed by atoms with E-state index < -0.39 is 10.0 Å². The van der Waals surface area contributed by atoms with E-state index in [0.29, 0.717) is 37.1 Å². The van der Waals surface area contributed by atoms with E-state index in [1.807, 2.05) is 0 Å². The second kappa shape index (κ2) is 9.46. The smallest absolute Gasteiger partial charge is 0.253 e. The van der Waals surface area contributed by atoms with Crippen LogP contribution < -0.4 is 10.0 Å². The Labute approximate surface area is 191 Å². The normalized spacial score (nSPS) is 15.0. The molecule has 1 fully saturated rings. The van der Waals surface area contributed by atoms with E-state index in [0.717, 1.165) is 6.26 Å². The number of hydrogen-bond acceptors (Lipinski definition) is 4. The lowest BCUT2D eigenvalue weighted by Gasteiger charge is -2.30. The highest BCUT2D eigenvalue weighted by atomic mass is 35.5. The monoisotopic (exact) mass is 483 g/mol. The molecular formula is C21H23Cl2N3O4S. The Balaban J connectivity index is 1.75. The number of sulfonamides is 1. The predicted octanol–water partition coefficient (Wildman–Crippen LogP) is 3.30. The molecule has 0 bridgehead atoms. The number of rotatable bonds is 6. The van der Waals surface area contributed by atoms with Crippen LogP contribution in [0.25, 0.3) is 0 Å². The summed E-state index contributed by atoms with van der Waals surface area (Å²) in [5.74, 6) is -0.647. The second-order valence-corrected chi connectivity index (χ2v) is 10.2. The Bertz CT molecular complexity index is 1080. The van der Waals surface area contributed by atoms with Gasteiger partial charge in [0.25, 0.3) is 5.91 Å². The molecule has 1 aliphatic rings. The third-order valence-corrected chi connectivity index (χ3v) is 7.25. The molecule has 0 aliphatic carbocycles. The minimum Gasteiger partial charge on any atom is -0.369 e. The SMILES string of the molecule is CS(=O)(=O)N(Cc1ccc(C(=O)N2CCC(C(N)=O)CC2)cc1)c1cccc(Cl)c1Cl. The summed E-state index contributed by atoms with van der Waals surface area (Å²) in [6.45, 7) is 0.990. The lowest BCUT2D eigenvalue weighted by atomic mass is 9.96. The first kappa shape index (κ1) is 23.4. The van der Waals surface area contributed by atoms with E-state index in [4.69, 9.17) is 28.9 Å². The van der Waals surface area contributed by atoms with Crippen molar-refractivity contribution in [2.75, 3.05) is 23.7 Å². The number of hydrogen-bond donors (Lipinski definition) is 1. The summed E-state index contributed by atoms with van der Waals surface area (Å²) in [5.41, 5.74) is 6.81. The van der Waals surface area contributed by atoms with Crippen LogP contribution >= 0.6 is 23.2 Å². The molecule has 0 radical (unpaired) electrons. The summed E-state index contributed by atoms with van der Waals surface area (Å²) < 4.78 is 25.9. The van der Waals surface area contributed by atoms with Crippen LogP contribution in [0.1, 0.15) is 28.8 Å².